The van der Waals surface area contributed by atoms with Gasteiger partial charge in [-0.3, -0.25) is 13.9 Å². The summed E-state index contributed by atoms with van der Waals surface area (Å²) in [5.41, 5.74) is 2.01. The molecule has 0 aliphatic heterocycles. The van der Waals surface area contributed by atoms with Gasteiger partial charge in [0, 0.05) is 17.3 Å². The number of rotatable bonds is 7. The van der Waals surface area contributed by atoms with Crippen molar-refractivity contribution in [2.75, 3.05) is 5.75 Å². The van der Waals surface area contributed by atoms with Crippen molar-refractivity contribution in [2.45, 2.75) is 24.7 Å². The van der Waals surface area contributed by atoms with Crippen molar-refractivity contribution in [3.8, 4) is 0 Å². The molecule has 0 unspecified atom stereocenters. The third-order valence-electron chi connectivity index (χ3n) is 5.22. The van der Waals surface area contributed by atoms with Crippen molar-refractivity contribution in [2.24, 2.45) is 0 Å². The van der Waals surface area contributed by atoms with Crippen molar-refractivity contribution < 1.29 is 4.42 Å². The van der Waals surface area contributed by atoms with E-state index in [9.17, 15) is 9.59 Å². The van der Waals surface area contributed by atoms with E-state index in [-0.39, 0.29) is 11.2 Å². The summed E-state index contributed by atoms with van der Waals surface area (Å²) in [5.74, 6) is 1.36. The molecule has 32 heavy (non-hydrogen) atoms. The number of para-hydroxylation sites is 2. The lowest BCUT2D eigenvalue weighted by Gasteiger charge is -2.12. The van der Waals surface area contributed by atoms with Crippen LogP contribution < -0.4 is 11.2 Å². The number of nitrogens with one attached hydrogen (secondary N) is 1. The summed E-state index contributed by atoms with van der Waals surface area (Å²) in [4.78, 5) is 33.0. The fraction of sp³-hybridized carbons (Fsp3) is 0.174. The van der Waals surface area contributed by atoms with Gasteiger partial charge in [-0.05, 0) is 48.9 Å². The lowest BCUT2D eigenvalue weighted by Crippen LogP contribution is -2.24. The summed E-state index contributed by atoms with van der Waals surface area (Å²) >= 11 is 7.60. The maximum Gasteiger partial charge on any atom is 0.326 e. The van der Waals surface area contributed by atoms with E-state index < -0.39 is 0 Å². The first-order chi connectivity index (χ1) is 15.6. The molecular formula is C23H19ClN4O3S. The molecule has 7 nitrogen and oxygen atoms in total. The molecular weight excluding hydrogens is 448 g/mol. The third kappa shape index (κ3) is 3.99. The molecule has 0 fully saturated rings. The molecule has 3 heterocycles. The first kappa shape index (κ1) is 20.7. The number of furan rings is 1. The van der Waals surface area contributed by atoms with E-state index in [0.717, 1.165) is 17.5 Å². The van der Waals surface area contributed by atoms with Gasteiger partial charge in [0.05, 0.1) is 34.7 Å². The van der Waals surface area contributed by atoms with Gasteiger partial charge in [-0.25, -0.2) is 9.78 Å². The molecule has 0 aliphatic carbocycles. The molecule has 0 radical (unpaired) electrons. The van der Waals surface area contributed by atoms with E-state index in [2.05, 4.69) is 4.98 Å². The van der Waals surface area contributed by atoms with E-state index in [1.807, 2.05) is 30.3 Å². The molecule has 2 aromatic carbocycles. The zero-order valence-electron chi connectivity index (χ0n) is 17.0. The maximum absolute atomic E-state index is 13.2. The minimum Gasteiger partial charge on any atom is -0.467 e. The number of halogens is 1. The second kappa shape index (κ2) is 8.72. The number of imidazole rings is 1. The molecule has 3 aromatic heterocycles. The van der Waals surface area contributed by atoms with Crippen LogP contribution in [0.4, 0.5) is 0 Å². The van der Waals surface area contributed by atoms with Crippen molar-refractivity contribution in [1.82, 2.24) is 19.1 Å². The van der Waals surface area contributed by atoms with Crippen LogP contribution in [0.25, 0.3) is 21.9 Å². The highest BCUT2D eigenvalue weighted by Gasteiger charge is 2.14. The number of nitrogens with zero attached hydrogens (tertiary/aromatic N) is 3. The molecule has 162 valence electrons. The Kier molecular flexibility index (Phi) is 5.63. The molecule has 0 aliphatic rings. The Labute approximate surface area is 191 Å². The van der Waals surface area contributed by atoms with Crippen molar-refractivity contribution in [1.29, 1.82) is 0 Å². The number of aromatic nitrogens is 4. The van der Waals surface area contributed by atoms with Crippen molar-refractivity contribution in [3.63, 3.8) is 0 Å². The standard InChI is InChI=1S/C23H19ClN4O3S/c24-15-8-9-17-19(13-15)26-23(28(21(17)29)14-16-5-3-11-31-16)32-12-4-10-27-20-7-2-1-6-18(20)25-22(27)30/h1-3,5-9,11,13H,4,10,12,14H2,(H,25,30). The molecule has 0 saturated carbocycles. The van der Waals surface area contributed by atoms with Crippen LogP contribution in [0, 0.1) is 0 Å². The first-order valence-corrected chi connectivity index (χ1v) is 11.5. The summed E-state index contributed by atoms with van der Waals surface area (Å²) in [5, 5.41) is 1.63. The van der Waals surface area contributed by atoms with E-state index in [1.165, 1.54) is 11.8 Å². The summed E-state index contributed by atoms with van der Waals surface area (Å²) in [6, 6.07) is 16.3. The van der Waals surface area contributed by atoms with Crippen LogP contribution in [0.15, 0.2) is 80.0 Å². The minimum atomic E-state index is -0.140. The first-order valence-electron chi connectivity index (χ1n) is 10.1. The molecule has 5 rings (SSSR count). The molecule has 0 atom stereocenters. The Bertz CT molecular complexity index is 1520. The Hall–Kier alpha value is -3.23. The van der Waals surface area contributed by atoms with Crippen LogP contribution in [-0.2, 0) is 13.1 Å². The summed E-state index contributed by atoms with van der Waals surface area (Å²) in [6.45, 7) is 0.860. The fourth-order valence-corrected chi connectivity index (χ4v) is 4.79. The topological polar surface area (TPSA) is 85.8 Å². The molecule has 9 heteroatoms. The number of hydrogen-bond donors (Lipinski definition) is 1. The van der Waals surface area contributed by atoms with Gasteiger partial charge in [-0.1, -0.05) is 35.5 Å². The lowest BCUT2D eigenvalue weighted by molar-refractivity contribution is 0.476. The summed E-state index contributed by atoms with van der Waals surface area (Å²) in [7, 11) is 0. The van der Waals surface area contributed by atoms with E-state index in [4.69, 9.17) is 21.0 Å². The lowest BCUT2D eigenvalue weighted by atomic mass is 10.2. The molecule has 0 bridgehead atoms. The van der Waals surface area contributed by atoms with Crippen LogP contribution in [0.1, 0.15) is 12.2 Å². The highest BCUT2D eigenvalue weighted by atomic mass is 35.5. The van der Waals surface area contributed by atoms with Crippen molar-refractivity contribution >= 4 is 45.3 Å². The second-order valence-electron chi connectivity index (χ2n) is 7.33. The van der Waals surface area contributed by atoms with Crippen LogP contribution in [0.5, 0.6) is 0 Å². The second-order valence-corrected chi connectivity index (χ2v) is 8.83. The predicted molar refractivity (Wildman–Crippen MR) is 127 cm³/mol. The molecule has 0 amide bonds. The van der Waals surface area contributed by atoms with Gasteiger partial charge in [-0.2, -0.15) is 0 Å². The van der Waals surface area contributed by atoms with Gasteiger partial charge in [0.25, 0.3) is 5.56 Å². The number of thioether (sulfide) groups is 1. The summed E-state index contributed by atoms with van der Waals surface area (Å²) in [6.07, 6.45) is 2.32. The number of fused-ring (bicyclic) bond motifs is 2. The average molecular weight is 467 g/mol. The summed E-state index contributed by atoms with van der Waals surface area (Å²) < 4.78 is 8.81. The van der Waals surface area contributed by atoms with Gasteiger partial charge >= 0.3 is 5.69 Å². The largest absolute Gasteiger partial charge is 0.467 e. The van der Waals surface area contributed by atoms with Crippen molar-refractivity contribution in [3.05, 3.63) is 92.5 Å². The Morgan fingerprint density at radius 2 is 1.94 bits per heavy atom. The van der Waals surface area contributed by atoms with E-state index >= 15 is 0 Å². The smallest absolute Gasteiger partial charge is 0.326 e. The van der Waals surface area contributed by atoms with E-state index in [1.54, 1.807) is 39.7 Å². The SMILES string of the molecule is O=c1c2ccc(Cl)cc2nc(SCCCn2c(=O)[nH]c3ccccc32)n1Cc1ccco1. The Morgan fingerprint density at radius 3 is 2.78 bits per heavy atom. The Morgan fingerprint density at radius 1 is 1.06 bits per heavy atom. The highest BCUT2D eigenvalue weighted by Crippen LogP contribution is 2.22. The minimum absolute atomic E-state index is 0.121. The van der Waals surface area contributed by atoms with Gasteiger partial charge in [-0.15, -0.1) is 0 Å². The fourth-order valence-electron chi connectivity index (χ4n) is 3.70. The van der Waals surface area contributed by atoms with E-state index in [0.29, 0.717) is 45.7 Å². The monoisotopic (exact) mass is 466 g/mol. The van der Waals surface area contributed by atoms with Gasteiger partial charge in [0.15, 0.2) is 5.16 Å². The predicted octanol–water partition coefficient (Wildman–Crippen LogP) is 4.52. The van der Waals surface area contributed by atoms with Gasteiger partial charge in [0.2, 0.25) is 0 Å². The van der Waals surface area contributed by atoms with Gasteiger partial charge < -0.3 is 9.40 Å². The van der Waals surface area contributed by atoms with Crippen LogP contribution in [0.3, 0.4) is 0 Å². The number of benzene rings is 2. The third-order valence-corrected chi connectivity index (χ3v) is 6.51. The zero-order valence-corrected chi connectivity index (χ0v) is 18.5. The van der Waals surface area contributed by atoms with Gasteiger partial charge in [0.1, 0.15) is 5.76 Å². The average Bonchev–Trinajstić information content (AvgIpc) is 3.40. The molecule has 0 saturated heterocycles. The zero-order chi connectivity index (χ0) is 22.1. The number of aromatic amines is 1. The molecule has 0 spiro atoms. The molecule has 5 aromatic rings. The molecule has 1 N–H and O–H groups in total. The van der Waals surface area contributed by atoms with Crippen LogP contribution in [-0.4, -0.2) is 24.9 Å². The highest BCUT2D eigenvalue weighted by molar-refractivity contribution is 7.99. The number of hydrogen-bond acceptors (Lipinski definition) is 5. The maximum atomic E-state index is 13.2. The van der Waals surface area contributed by atoms with Crippen LogP contribution in [0.2, 0.25) is 5.02 Å². The van der Waals surface area contributed by atoms with Crippen LogP contribution >= 0.6 is 23.4 Å². The quantitative estimate of drug-likeness (QED) is 0.216. The Balaban J connectivity index is 1.40. The normalized spacial score (nSPS) is 11.5. The number of H-pyrrole nitrogens is 1. The number of aryl methyl sites for hydroxylation is 1.